The van der Waals surface area contributed by atoms with Crippen molar-refractivity contribution in [2.45, 2.75) is 38.5 Å². The van der Waals surface area contributed by atoms with Crippen LogP contribution in [0.2, 0.25) is 0 Å². The first-order valence-electron chi connectivity index (χ1n) is 11.4. The molecule has 30 heavy (non-hydrogen) atoms. The van der Waals surface area contributed by atoms with Crippen molar-refractivity contribution in [1.29, 1.82) is 0 Å². The van der Waals surface area contributed by atoms with E-state index in [9.17, 15) is 0 Å². The van der Waals surface area contributed by atoms with Crippen molar-refractivity contribution >= 4 is 16.3 Å². The molecule has 6 rings (SSSR count). The van der Waals surface area contributed by atoms with Gasteiger partial charge in [0.05, 0.1) is 13.2 Å². The SMILES string of the molecule is C1=C2c3ccc4cc(-c5ccccc5)ccc4c3CCC2CCC1.C1=CCOCC1. The quantitative estimate of drug-likeness (QED) is 0.386. The van der Waals surface area contributed by atoms with E-state index in [0.717, 1.165) is 25.6 Å². The summed E-state index contributed by atoms with van der Waals surface area (Å²) in [5.74, 6) is 0.812. The molecule has 1 heteroatoms. The van der Waals surface area contributed by atoms with Crippen LogP contribution in [0.25, 0.3) is 27.5 Å². The second-order valence-corrected chi connectivity index (χ2v) is 8.55. The minimum Gasteiger partial charge on any atom is -0.377 e. The molecule has 1 nitrogen and oxygen atoms in total. The number of ether oxygens (including phenoxy) is 1. The smallest absolute Gasteiger partial charge is 0.0647 e. The summed E-state index contributed by atoms with van der Waals surface area (Å²) >= 11 is 0. The van der Waals surface area contributed by atoms with Gasteiger partial charge in [0, 0.05) is 0 Å². The topological polar surface area (TPSA) is 9.23 Å². The molecule has 2 aliphatic carbocycles. The van der Waals surface area contributed by atoms with Crippen LogP contribution >= 0.6 is 0 Å². The first-order chi connectivity index (χ1) is 14.9. The summed E-state index contributed by atoms with van der Waals surface area (Å²) in [6, 6.07) is 22.4. The molecule has 0 amide bonds. The van der Waals surface area contributed by atoms with Gasteiger partial charge in [-0.1, -0.05) is 72.8 Å². The van der Waals surface area contributed by atoms with E-state index in [1.807, 2.05) is 6.08 Å². The van der Waals surface area contributed by atoms with Crippen LogP contribution < -0.4 is 0 Å². The van der Waals surface area contributed by atoms with Crippen LogP contribution in [0.15, 0.2) is 78.9 Å². The highest BCUT2D eigenvalue weighted by Gasteiger charge is 2.26. The summed E-state index contributed by atoms with van der Waals surface area (Å²) in [5.41, 5.74) is 7.36. The van der Waals surface area contributed by atoms with Crippen LogP contribution in [0.1, 0.15) is 43.2 Å². The van der Waals surface area contributed by atoms with E-state index in [0.29, 0.717) is 0 Å². The summed E-state index contributed by atoms with van der Waals surface area (Å²) in [6.07, 6.45) is 14.4. The summed E-state index contributed by atoms with van der Waals surface area (Å²) < 4.78 is 4.98. The van der Waals surface area contributed by atoms with Gasteiger partial charge in [-0.25, -0.2) is 0 Å². The van der Waals surface area contributed by atoms with Crippen molar-refractivity contribution in [1.82, 2.24) is 0 Å². The van der Waals surface area contributed by atoms with Gasteiger partial charge in [0.15, 0.2) is 0 Å². The van der Waals surface area contributed by atoms with Gasteiger partial charge in [-0.3, -0.25) is 0 Å². The van der Waals surface area contributed by atoms with E-state index < -0.39 is 0 Å². The van der Waals surface area contributed by atoms with Gasteiger partial charge in [-0.2, -0.15) is 0 Å². The molecule has 3 aromatic carbocycles. The van der Waals surface area contributed by atoms with Crippen LogP contribution in [0.4, 0.5) is 0 Å². The molecule has 0 saturated carbocycles. The number of hydrogen-bond donors (Lipinski definition) is 0. The molecule has 1 heterocycles. The van der Waals surface area contributed by atoms with Crippen LogP contribution in [0.3, 0.4) is 0 Å². The highest BCUT2D eigenvalue weighted by atomic mass is 16.5. The lowest BCUT2D eigenvalue weighted by atomic mass is 9.73. The molecule has 1 unspecified atom stereocenters. The molecule has 0 saturated heterocycles. The molecule has 3 aromatic rings. The Bertz CT molecular complexity index is 1070. The third kappa shape index (κ3) is 4.00. The van der Waals surface area contributed by atoms with Gasteiger partial charge in [-0.15, -0.1) is 0 Å². The van der Waals surface area contributed by atoms with Crippen molar-refractivity contribution < 1.29 is 4.74 Å². The fourth-order valence-corrected chi connectivity index (χ4v) is 5.13. The molecule has 1 atom stereocenters. The Hall–Kier alpha value is -2.64. The van der Waals surface area contributed by atoms with Crippen molar-refractivity contribution in [3.05, 3.63) is 90.0 Å². The third-order valence-electron chi connectivity index (χ3n) is 6.66. The van der Waals surface area contributed by atoms with E-state index in [1.165, 1.54) is 59.6 Å². The van der Waals surface area contributed by atoms with Crippen LogP contribution in [0.5, 0.6) is 0 Å². The zero-order chi connectivity index (χ0) is 20.2. The largest absolute Gasteiger partial charge is 0.377 e. The maximum absolute atomic E-state index is 4.98. The van der Waals surface area contributed by atoms with Crippen LogP contribution in [0, 0.1) is 5.92 Å². The Kier molecular flexibility index (Phi) is 5.81. The Labute approximate surface area is 180 Å². The molecule has 0 spiro atoms. The first-order valence-corrected chi connectivity index (χ1v) is 11.4. The highest BCUT2D eigenvalue weighted by Crippen LogP contribution is 2.43. The average molecular weight is 395 g/mol. The molecule has 0 aromatic heterocycles. The molecule has 1 aliphatic heterocycles. The van der Waals surface area contributed by atoms with E-state index in [2.05, 4.69) is 72.8 Å². The molecular formula is C29H30O. The minimum absolute atomic E-state index is 0.812. The number of hydrogen-bond acceptors (Lipinski definition) is 1. The van der Waals surface area contributed by atoms with E-state index in [-0.39, 0.29) is 0 Å². The second kappa shape index (κ2) is 9.02. The average Bonchev–Trinajstić information content (AvgIpc) is 2.85. The van der Waals surface area contributed by atoms with Crippen LogP contribution in [-0.2, 0) is 11.2 Å². The van der Waals surface area contributed by atoms with Gasteiger partial charge in [0.2, 0.25) is 0 Å². The first kappa shape index (κ1) is 19.3. The molecule has 0 radical (unpaired) electrons. The van der Waals surface area contributed by atoms with Crippen molar-refractivity contribution in [2.75, 3.05) is 13.2 Å². The maximum Gasteiger partial charge on any atom is 0.0647 e. The lowest BCUT2D eigenvalue weighted by Gasteiger charge is -2.31. The van der Waals surface area contributed by atoms with Gasteiger partial charge in [0.25, 0.3) is 0 Å². The van der Waals surface area contributed by atoms with Gasteiger partial charge >= 0.3 is 0 Å². The predicted molar refractivity (Wildman–Crippen MR) is 128 cm³/mol. The molecule has 3 aliphatic rings. The number of allylic oxidation sites excluding steroid dienone is 2. The summed E-state index contributed by atoms with van der Waals surface area (Å²) in [6.45, 7) is 1.73. The Balaban J connectivity index is 0.000000279. The standard InChI is InChI=1S/C24H22.C5H8O/c1-2-6-17(7-3-1)19-11-13-22-20(16-19)12-15-23-21-9-5-4-8-18(21)10-14-24(22)23;1-2-4-6-5-3-1/h1-3,6-7,9,11-13,15-16,18H,4-5,8,10,14H2;1-2H,3-5H2. The molecule has 152 valence electrons. The van der Waals surface area contributed by atoms with E-state index in [4.69, 9.17) is 4.74 Å². The fourth-order valence-electron chi connectivity index (χ4n) is 5.13. The van der Waals surface area contributed by atoms with Gasteiger partial charge < -0.3 is 4.74 Å². The second-order valence-electron chi connectivity index (χ2n) is 8.55. The normalized spacial score (nSPS) is 19.9. The third-order valence-corrected chi connectivity index (χ3v) is 6.66. The summed E-state index contributed by atoms with van der Waals surface area (Å²) in [7, 11) is 0. The number of benzene rings is 3. The van der Waals surface area contributed by atoms with Crippen molar-refractivity contribution in [3.8, 4) is 11.1 Å². The van der Waals surface area contributed by atoms with E-state index >= 15 is 0 Å². The zero-order valence-electron chi connectivity index (χ0n) is 17.6. The summed E-state index contributed by atoms with van der Waals surface area (Å²) in [4.78, 5) is 0. The predicted octanol–water partition coefficient (Wildman–Crippen LogP) is 7.60. The Morgan fingerprint density at radius 1 is 0.800 bits per heavy atom. The molecule has 0 bridgehead atoms. The molecule has 0 fully saturated rings. The van der Waals surface area contributed by atoms with Crippen molar-refractivity contribution in [3.63, 3.8) is 0 Å². The number of rotatable bonds is 1. The maximum atomic E-state index is 4.98. The molecule has 0 N–H and O–H groups in total. The zero-order valence-corrected chi connectivity index (χ0v) is 17.6. The summed E-state index contributed by atoms with van der Waals surface area (Å²) in [5, 5.41) is 2.84. The Morgan fingerprint density at radius 3 is 2.50 bits per heavy atom. The monoisotopic (exact) mass is 394 g/mol. The van der Waals surface area contributed by atoms with Gasteiger partial charge in [-0.05, 0) is 89.1 Å². The lowest BCUT2D eigenvalue weighted by Crippen LogP contribution is -2.16. The van der Waals surface area contributed by atoms with Crippen molar-refractivity contribution in [2.24, 2.45) is 5.92 Å². The number of fused-ring (bicyclic) bond motifs is 5. The Morgan fingerprint density at radius 2 is 1.73 bits per heavy atom. The minimum atomic E-state index is 0.812. The lowest BCUT2D eigenvalue weighted by molar-refractivity contribution is 0.158. The number of aryl methyl sites for hydroxylation is 1. The van der Waals surface area contributed by atoms with E-state index in [1.54, 1.807) is 11.1 Å². The molecular weight excluding hydrogens is 364 g/mol. The fraction of sp³-hybridized carbons (Fsp3) is 0.310. The highest BCUT2D eigenvalue weighted by molar-refractivity contribution is 5.94. The van der Waals surface area contributed by atoms with Crippen LogP contribution in [-0.4, -0.2) is 13.2 Å². The van der Waals surface area contributed by atoms with Gasteiger partial charge in [0.1, 0.15) is 0 Å².